The van der Waals surface area contributed by atoms with Gasteiger partial charge in [-0.3, -0.25) is 4.79 Å². The van der Waals surface area contributed by atoms with Crippen molar-refractivity contribution >= 4 is 29.2 Å². The van der Waals surface area contributed by atoms with Crippen molar-refractivity contribution in [3.8, 4) is 0 Å². The molecule has 1 heterocycles. The van der Waals surface area contributed by atoms with E-state index in [2.05, 4.69) is 16.0 Å². The lowest BCUT2D eigenvalue weighted by Crippen LogP contribution is -2.55. The van der Waals surface area contributed by atoms with E-state index >= 15 is 0 Å². The molecule has 0 saturated carbocycles. The first kappa shape index (κ1) is 14.7. The predicted molar refractivity (Wildman–Crippen MR) is 78.9 cm³/mol. The largest absolute Gasteiger partial charge is 0.354 e. The van der Waals surface area contributed by atoms with E-state index in [-0.39, 0.29) is 11.8 Å². The van der Waals surface area contributed by atoms with Crippen LogP contribution in [0.5, 0.6) is 0 Å². The standard InChI is InChI=1S/C14H18ClN3O2/c1-8-4-3-5-10(15)11(8)17-14(20)18-12-9(2)6-7-16-13(12)19/h3-5,9,12H,6-7H2,1-2H3,(H,16,19)(H2,17,18,20). The molecule has 1 aliphatic rings. The molecule has 2 atom stereocenters. The van der Waals surface area contributed by atoms with Crippen molar-refractivity contribution in [3.05, 3.63) is 28.8 Å². The van der Waals surface area contributed by atoms with Gasteiger partial charge in [0.25, 0.3) is 0 Å². The second-order valence-corrected chi connectivity index (χ2v) is 5.47. The SMILES string of the molecule is Cc1cccc(Cl)c1NC(=O)NC1C(=O)NCCC1C. The highest BCUT2D eigenvalue weighted by molar-refractivity contribution is 6.33. The number of aryl methyl sites for hydroxylation is 1. The molecule has 6 heteroatoms. The summed E-state index contributed by atoms with van der Waals surface area (Å²) in [4.78, 5) is 23.8. The molecule has 1 aliphatic heterocycles. The zero-order valence-electron chi connectivity index (χ0n) is 11.5. The first-order valence-electron chi connectivity index (χ1n) is 6.59. The Labute approximate surface area is 123 Å². The molecule has 3 amide bonds. The van der Waals surface area contributed by atoms with Crippen molar-refractivity contribution in [2.24, 2.45) is 5.92 Å². The summed E-state index contributed by atoms with van der Waals surface area (Å²) in [6, 6.07) is 4.45. The van der Waals surface area contributed by atoms with Gasteiger partial charge in [-0.05, 0) is 30.9 Å². The van der Waals surface area contributed by atoms with Crippen LogP contribution in [0.4, 0.5) is 10.5 Å². The molecule has 2 rings (SSSR count). The third kappa shape index (κ3) is 3.22. The summed E-state index contributed by atoms with van der Waals surface area (Å²) >= 11 is 6.05. The van der Waals surface area contributed by atoms with E-state index in [9.17, 15) is 9.59 Å². The number of piperidine rings is 1. The Bertz CT molecular complexity index is 513. The van der Waals surface area contributed by atoms with Crippen molar-refractivity contribution < 1.29 is 9.59 Å². The van der Waals surface area contributed by atoms with Crippen LogP contribution in [0.1, 0.15) is 18.9 Å². The summed E-state index contributed by atoms with van der Waals surface area (Å²) < 4.78 is 0. The van der Waals surface area contributed by atoms with Gasteiger partial charge in [-0.1, -0.05) is 30.7 Å². The molecule has 20 heavy (non-hydrogen) atoms. The van der Waals surface area contributed by atoms with Gasteiger partial charge in [0.05, 0.1) is 10.7 Å². The van der Waals surface area contributed by atoms with Crippen LogP contribution < -0.4 is 16.0 Å². The Morgan fingerprint density at radius 2 is 2.20 bits per heavy atom. The molecule has 1 saturated heterocycles. The van der Waals surface area contributed by atoms with E-state index in [4.69, 9.17) is 11.6 Å². The van der Waals surface area contributed by atoms with Crippen LogP contribution in [0.25, 0.3) is 0 Å². The lowest BCUT2D eigenvalue weighted by Gasteiger charge is -2.29. The molecule has 1 aromatic rings. The number of anilines is 1. The molecule has 0 radical (unpaired) electrons. The summed E-state index contributed by atoms with van der Waals surface area (Å²) in [5.41, 5.74) is 1.43. The van der Waals surface area contributed by atoms with Crippen LogP contribution in [0.15, 0.2) is 18.2 Å². The Morgan fingerprint density at radius 1 is 1.45 bits per heavy atom. The predicted octanol–water partition coefficient (Wildman–Crippen LogP) is 2.29. The number of urea groups is 1. The number of amides is 3. The smallest absolute Gasteiger partial charge is 0.319 e. The van der Waals surface area contributed by atoms with E-state index in [1.807, 2.05) is 26.0 Å². The lowest BCUT2D eigenvalue weighted by atomic mass is 9.94. The molecule has 0 spiro atoms. The van der Waals surface area contributed by atoms with Crippen molar-refractivity contribution in [2.45, 2.75) is 26.3 Å². The molecule has 1 fully saturated rings. The van der Waals surface area contributed by atoms with E-state index in [0.29, 0.717) is 17.3 Å². The summed E-state index contributed by atoms with van der Waals surface area (Å²) in [6.07, 6.45) is 0.849. The zero-order valence-corrected chi connectivity index (χ0v) is 12.3. The summed E-state index contributed by atoms with van der Waals surface area (Å²) in [5.74, 6) is -0.0309. The van der Waals surface area contributed by atoms with Gasteiger partial charge in [0.1, 0.15) is 6.04 Å². The number of benzene rings is 1. The second kappa shape index (κ2) is 6.13. The normalized spacial score (nSPS) is 22.1. The van der Waals surface area contributed by atoms with E-state index < -0.39 is 12.1 Å². The van der Waals surface area contributed by atoms with Crippen molar-refractivity contribution in [1.29, 1.82) is 0 Å². The number of carbonyl (C=O) groups is 2. The van der Waals surface area contributed by atoms with Gasteiger partial charge < -0.3 is 16.0 Å². The molecule has 108 valence electrons. The third-order valence-electron chi connectivity index (χ3n) is 3.50. The summed E-state index contributed by atoms with van der Waals surface area (Å²) in [6.45, 7) is 4.46. The van der Waals surface area contributed by atoms with E-state index in [0.717, 1.165) is 12.0 Å². The van der Waals surface area contributed by atoms with Crippen molar-refractivity contribution in [3.63, 3.8) is 0 Å². The van der Waals surface area contributed by atoms with Crippen molar-refractivity contribution in [2.75, 3.05) is 11.9 Å². The Hall–Kier alpha value is -1.75. The molecule has 0 bridgehead atoms. The number of hydrogen-bond donors (Lipinski definition) is 3. The number of rotatable bonds is 2. The van der Waals surface area contributed by atoms with Gasteiger partial charge >= 0.3 is 6.03 Å². The molecule has 0 aliphatic carbocycles. The first-order chi connectivity index (χ1) is 9.49. The molecule has 2 unspecified atom stereocenters. The quantitative estimate of drug-likeness (QED) is 0.783. The highest BCUT2D eigenvalue weighted by atomic mass is 35.5. The first-order valence-corrected chi connectivity index (χ1v) is 6.97. The van der Waals surface area contributed by atoms with Gasteiger partial charge in [0.15, 0.2) is 0 Å². The average molecular weight is 296 g/mol. The fourth-order valence-electron chi connectivity index (χ4n) is 2.25. The minimum absolute atomic E-state index is 0.113. The Kier molecular flexibility index (Phi) is 4.49. The third-order valence-corrected chi connectivity index (χ3v) is 3.81. The van der Waals surface area contributed by atoms with Gasteiger partial charge in [0.2, 0.25) is 5.91 Å². The van der Waals surface area contributed by atoms with Gasteiger partial charge in [-0.2, -0.15) is 0 Å². The molecular weight excluding hydrogens is 278 g/mol. The maximum atomic E-state index is 12.0. The molecular formula is C14H18ClN3O2. The number of nitrogens with one attached hydrogen (secondary N) is 3. The Morgan fingerprint density at radius 3 is 2.85 bits per heavy atom. The molecule has 1 aromatic carbocycles. The Balaban J connectivity index is 2.04. The minimum Gasteiger partial charge on any atom is -0.354 e. The lowest BCUT2D eigenvalue weighted by molar-refractivity contribution is -0.125. The maximum absolute atomic E-state index is 12.0. The van der Waals surface area contributed by atoms with Crippen molar-refractivity contribution in [1.82, 2.24) is 10.6 Å². The summed E-state index contributed by atoms with van der Waals surface area (Å²) in [7, 11) is 0. The van der Waals surface area contributed by atoms with E-state index in [1.165, 1.54) is 0 Å². The topological polar surface area (TPSA) is 70.2 Å². The second-order valence-electron chi connectivity index (χ2n) is 5.06. The number of hydrogen-bond acceptors (Lipinski definition) is 2. The van der Waals surface area contributed by atoms with Gasteiger partial charge in [0, 0.05) is 6.54 Å². The van der Waals surface area contributed by atoms with Crippen LogP contribution in [-0.2, 0) is 4.79 Å². The van der Waals surface area contributed by atoms with Gasteiger partial charge in [-0.15, -0.1) is 0 Å². The van der Waals surface area contributed by atoms with Crippen LogP contribution >= 0.6 is 11.6 Å². The van der Waals surface area contributed by atoms with Crippen LogP contribution in [-0.4, -0.2) is 24.5 Å². The fourth-order valence-corrected chi connectivity index (χ4v) is 2.52. The molecule has 3 N–H and O–H groups in total. The highest BCUT2D eigenvalue weighted by Crippen LogP contribution is 2.25. The van der Waals surface area contributed by atoms with Crippen LogP contribution in [0.3, 0.4) is 0 Å². The minimum atomic E-state index is -0.508. The number of para-hydroxylation sites is 1. The van der Waals surface area contributed by atoms with Gasteiger partial charge in [-0.25, -0.2) is 4.79 Å². The molecule has 0 aromatic heterocycles. The van der Waals surface area contributed by atoms with Crippen LogP contribution in [0, 0.1) is 12.8 Å². The maximum Gasteiger partial charge on any atom is 0.319 e. The highest BCUT2D eigenvalue weighted by Gasteiger charge is 2.30. The van der Waals surface area contributed by atoms with Crippen LogP contribution in [0.2, 0.25) is 5.02 Å². The zero-order chi connectivity index (χ0) is 14.7. The molecule has 5 nitrogen and oxygen atoms in total. The monoisotopic (exact) mass is 295 g/mol. The summed E-state index contributed by atoms with van der Waals surface area (Å²) in [5, 5.41) is 8.63. The fraction of sp³-hybridized carbons (Fsp3) is 0.429. The number of carbonyl (C=O) groups excluding carboxylic acids is 2. The average Bonchev–Trinajstić information content (AvgIpc) is 2.39. The van der Waals surface area contributed by atoms with E-state index in [1.54, 1.807) is 6.07 Å². The number of halogens is 1.